The van der Waals surface area contributed by atoms with Gasteiger partial charge in [-0.3, -0.25) is 14.9 Å². The molecule has 7 nitrogen and oxygen atoms in total. The lowest BCUT2D eigenvalue weighted by Crippen LogP contribution is -2.23. The molecule has 0 atom stereocenters. The third-order valence-corrected chi connectivity index (χ3v) is 3.78. The number of nitro groups is 1. The molecule has 0 fully saturated rings. The van der Waals surface area contributed by atoms with Crippen LogP contribution in [-0.4, -0.2) is 23.4 Å². The second kappa shape index (κ2) is 7.50. The van der Waals surface area contributed by atoms with Gasteiger partial charge in [0, 0.05) is 22.6 Å². The van der Waals surface area contributed by atoms with E-state index in [0.717, 1.165) is 17.0 Å². The zero-order valence-corrected chi connectivity index (χ0v) is 13.1. The fourth-order valence-corrected chi connectivity index (χ4v) is 2.51. The lowest BCUT2D eigenvalue weighted by atomic mass is 10.1. The van der Waals surface area contributed by atoms with Crippen LogP contribution in [0.4, 0.5) is 5.69 Å². The Kier molecular flexibility index (Phi) is 5.42. The van der Waals surface area contributed by atoms with Crippen LogP contribution in [0.2, 0.25) is 0 Å². The van der Waals surface area contributed by atoms with Crippen LogP contribution in [0, 0.1) is 10.1 Å². The van der Waals surface area contributed by atoms with Crippen LogP contribution in [0.3, 0.4) is 0 Å². The van der Waals surface area contributed by atoms with Crippen molar-refractivity contribution in [1.29, 1.82) is 0 Å². The van der Waals surface area contributed by atoms with Gasteiger partial charge < -0.3 is 10.1 Å². The topological polar surface area (TPSA) is 98.5 Å². The number of benzene rings is 1. The lowest BCUT2D eigenvalue weighted by molar-refractivity contribution is -0.384. The Morgan fingerprint density at radius 1 is 1.30 bits per heavy atom. The number of carbonyl (C=O) groups excluding carboxylic acids is 2. The van der Waals surface area contributed by atoms with Crippen molar-refractivity contribution in [3.05, 3.63) is 61.8 Å². The molecule has 1 aromatic heterocycles. The third kappa shape index (κ3) is 4.36. The van der Waals surface area contributed by atoms with Crippen molar-refractivity contribution in [1.82, 2.24) is 5.32 Å². The van der Waals surface area contributed by atoms with E-state index < -0.39 is 16.8 Å². The molecule has 0 bridgehead atoms. The summed E-state index contributed by atoms with van der Waals surface area (Å²) in [6, 6.07) is 7.23. The maximum absolute atomic E-state index is 12.2. The molecule has 0 aliphatic rings. The van der Waals surface area contributed by atoms with Crippen LogP contribution in [0.1, 0.15) is 32.5 Å². The standard InChI is InChI=1S/C15H14N2O5S/c1-2-22-15(19)11-6-10(7-12(8-11)17(20)21)14(18)16-9-13-4-3-5-23-13/h3-8H,2,9H2,1H3,(H,16,18). The molecule has 23 heavy (non-hydrogen) atoms. The number of amides is 1. The summed E-state index contributed by atoms with van der Waals surface area (Å²) in [6.45, 7) is 2.08. The Balaban J connectivity index is 2.23. The number of thiophene rings is 1. The van der Waals surface area contributed by atoms with Crippen molar-refractivity contribution in [3.63, 3.8) is 0 Å². The molecule has 2 aromatic rings. The molecule has 2 rings (SSSR count). The summed E-state index contributed by atoms with van der Waals surface area (Å²) >= 11 is 1.49. The minimum atomic E-state index is -0.705. The van der Waals surface area contributed by atoms with Crippen LogP contribution in [0.25, 0.3) is 0 Å². The number of nitrogens with one attached hydrogen (secondary N) is 1. The number of esters is 1. The fourth-order valence-electron chi connectivity index (χ4n) is 1.86. The van der Waals surface area contributed by atoms with Gasteiger partial charge in [-0.05, 0) is 24.4 Å². The second-order valence-corrected chi connectivity index (χ2v) is 5.54. The van der Waals surface area contributed by atoms with Crippen LogP contribution >= 0.6 is 11.3 Å². The summed E-state index contributed by atoms with van der Waals surface area (Å²) in [5.41, 5.74) is -0.321. The van der Waals surface area contributed by atoms with E-state index in [9.17, 15) is 19.7 Å². The highest BCUT2D eigenvalue weighted by molar-refractivity contribution is 7.09. The van der Waals surface area contributed by atoms with E-state index in [1.807, 2.05) is 17.5 Å². The van der Waals surface area contributed by atoms with Crippen molar-refractivity contribution in [2.75, 3.05) is 6.61 Å². The predicted octanol–water partition coefficient (Wildman–Crippen LogP) is 2.76. The first-order chi connectivity index (χ1) is 11.0. The van der Waals surface area contributed by atoms with E-state index in [2.05, 4.69) is 5.32 Å². The van der Waals surface area contributed by atoms with E-state index >= 15 is 0 Å². The van der Waals surface area contributed by atoms with Gasteiger partial charge in [-0.25, -0.2) is 4.79 Å². The number of hydrogen-bond donors (Lipinski definition) is 1. The van der Waals surface area contributed by atoms with E-state index in [4.69, 9.17) is 4.74 Å². The van der Waals surface area contributed by atoms with E-state index in [0.29, 0.717) is 6.54 Å². The van der Waals surface area contributed by atoms with Crippen molar-refractivity contribution >= 4 is 28.9 Å². The van der Waals surface area contributed by atoms with Gasteiger partial charge in [-0.2, -0.15) is 0 Å². The van der Waals surface area contributed by atoms with Gasteiger partial charge >= 0.3 is 5.97 Å². The predicted molar refractivity (Wildman–Crippen MR) is 84.5 cm³/mol. The molecule has 8 heteroatoms. The van der Waals surface area contributed by atoms with Gasteiger partial charge in [0.05, 0.1) is 23.6 Å². The van der Waals surface area contributed by atoms with Gasteiger partial charge in [0.1, 0.15) is 0 Å². The minimum Gasteiger partial charge on any atom is -0.462 e. The van der Waals surface area contributed by atoms with Crippen LogP contribution in [0.5, 0.6) is 0 Å². The van der Waals surface area contributed by atoms with Gasteiger partial charge in [-0.1, -0.05) is 6.07 Å². The molecule has 0 aliphatic carbocycles. The SMILES string of the molecule is CCOC(=O)c1cc(C(=O)NCc2cccs2)cc([N+](=O)[O-])c1. The summed E-state index contributed by atoms with van der Waals surface area (Å²) < 4.78 is 4.82. The van der Waals surface area contributed by atoms with Crippen molar-refractivity contribution in [3.8, 4) is 0 Å². The van der Waals surface area contributed by atoms with Crippen LogP contribution in [0.15, 0.2) is 35.7 Å². The van der Waals surface area contributed by atoms with Gasteiger partial charge in [0.15, 0.2) is 0 Å². The van der Waals surface area contributed by atoms with Crippen molar-refractivity contribution in [2.45, 2.75) is 13.5 Å². The highest BCUT2D eigenvalue weighted by atomic mass is 32.1. The second-order valence-electron chi connectivity index (χ2n) is 4.51. The molecule has 120 valence electrons. The molecule has 1 amide bonds. The maximum atomic E-state index is 12.2. The summed E-state index contributed by atoms with van der Waals surface area (Å²) in [5.74, 6) is -1.20. The minimum absolute atomic E-state index is 0.0256. The first kappa shape index (κ1) is 16.6. The normalized spacial score (nSPS) is 10.1. The maximum Gasteiger partial charge on any atom is 0.338 e. The largest absolute Gasteiger partial charge is 0.462 e. The first-order valence-corrected chi connectivity index (χ1v) is 7.66. The monoisotopic (exact) mass is 334 g/mol. The molecule has 1 heterocycles. The van der Waals surface area contributed by atoms with Gasteiger partial charge in [0.2, 0.25) is 0 Å². The number of ether oxygens (including phenoxy) is 1. The molecule has 0 saturated heterocycles. The molecule has 0 saturated carbocycles. The molecule has 0 spiro atoms. The number of non-ortho nitro benzene ring substituents is 1. The Morgan fingerprint density at radius 3 is 2.65 bits per heavy atom. The fraction of sp³-hybridized carbons (Fsp3) is 0.200. The van der Waals surface area contributed by atoms with Crippen LogP contribution in [-0.2, 0) is 11.3 Å². The number of rotatable bonds is 6. The Hall–Kier alpha value is -2.74. The van der Waals surface area contributed by atoms with Crippen LogP contribution < -0.4 is 5.32 Å². The quantitative estimate of drug-likeness (QED) is 0.497. The van der Waals surface area contributed by atoms with E-state index in [1.165, 1.54) is 17.4 Å². The molecular formula is C15H14N2O5S. The lowest BCUT2D eigenvalue weighted by Gasteiger charge is -2.07. The summed E-state index contributed by atoms with van der Waals surface area (Å²) in [5, 5.41) is 15.5. The highest BCUT2D eigenvalue weighted by Crippen LogP contribution is 2.18. The van der Waals surface area contributed by atoms with Crippen molar-refractivity contribution < 1.29 is 19.2 Å². The zero-order valence-electron chi connectivity index (χ0n) is 12.3. The molecule has 0 aliphatic heterocycles. The number of nitrogens with zero attached hydrogens (tertiary/aromatic N) is 1. The zero-order chi connectivity index (χ0) is 16.8. The smallest absolute Gasteiger partial charge is 0.338 e. The summed E-state index contributed by atoms with van der Waals surface area (Å²) in [4.78, 5) is 35.2. The van der Waals surface area contributed by atoms with Gasteiger partial charge in [0.25, 0.3) is 11.6 Å². The summed E-state index contributed by atoms with van der Waals surface area (Å²) in [6.07, 6.45) is 0. The highest BCUT2D eigenvalue weighted by Gasteiger charge is 2.18. The number of carbonyl (C=O) groups is 2. The Bertz CT molecular complexity index is 727. The average Bonchev–Trinajstić information content (AvgIpc) is 3.05. The average molecular weight is 334 g/mol. The molecule has 0 unspecified atom stereocenters. The molecule has 1 N–H and O–H groups in total. The number of nitro benzene ring substituents is 1. The van der Waals surface area contributed by atoms with Gasteiger partial charge in [-0.15, -0.1) is 11.3 Å². The molecule has 1 aromatic carbocycles. The Morgan fingerprint density at radius 2 is 2.04 bits per heavy atom. The number of hydrogen-bond acceptors (Lipinski definition) is 6. The third-order valence-electron chi connectivity index (χ3n) is 2.91. The van der Waals surface area contributed by atoms with E-state index in [-0.39, 0.29) is 23.4 Å². The summed E-state index contributed by atoms with van der Waals surface area (Å²) in [7, 11) is 0. The van der Waals surface area contributed by atoms with E-state index in [1.54, 1.807) is 6.92 Å². The first-order valence-electron chi connectivity index (χ1n) is 6.78. The molecule has 0 radical (unpaired) electrons. The Labute approximate surface area is 136 Å². The molecular weight excluding hydrogens is 320 g/mol. The van der Waals surface area contributed by atoms with Crippen molar-refractivity contribution in [2.24, 2.45) is 0 Å².